The van der Waals surface area contributed by atoms with Gasteiger partial charge in [-0.3, -0.25) is 4.98 Å². The molecule has 0 radical (unpaired) electrons. The Labute approximate surface area is 101 Å². The highest BCUT2D eigenvalue weighted by Crippen LogP contribution is 2.15. The minimum atomic E-state index is -3.25. The van der Waals surface area contributed by atoms with Crippen molar-refractivity contribution in [3.63, 3.8) is 0 Å². The summed E-state index contributed by atoms with van der Waals surface area (Å²) in [6.07, 6.45) is 3.01. The van der Waals surface area contributed by atoms with Gasteiger partial charge in [0.2, 0.25) is 0 Å². The van der Waals surface area contributed by atoms with Crippen LogP contribution in [0, 0.1) is 6.92 Å². The monoisotopic (exact) mass is 256 g/mol. The molecule has 0 N–H and O–H groups in total. The van der Waals surface area contributed by atoms with Gasteiger partial charge in [0, 0.05) is 11.8 Å². The van der Waals surface area contributed by atoms with Gasteiger partial charge in [0.15, 0.2) is 9.84 Å². The first-order chi connectivity index (χ1) is 8.01. The molecule has 0 amide bonds. The highest BCUT2D eigenvalue weighted by molar-refractivity contribution is 7.91. The maximum Gasteiger partial charge on any atom is 0.179 e. The van der Waals surface area contributed by atoms with Crippen LogP contribution < -0.4 is 0 Å². The Morgan fingerprint density at radius 1 is 1.47 bits per heavy atom. The summed E-state index contributed by atoms with van der Waals surface area (Å²) in [5.74, 6) is 0.0571. The summed E-state index contributed by atoms with van der Waals surface area (Å²) in [7, 11) is -3.25. The fraction of sp³-hybridized carbons (Fsp3) is 0.455. The number of hydrogen-bond donors (Lipinski definition) is 0. The molecule has 0 saturated heterocycles. The van der Waals surface area contributed by atoms with E-state index in [4.69, 9.17) is 4.84 Å². The van der Waals surface area contributed by atoms with E-state index in [1.165, 1.54) is 6.21 Å². The van der Waals surface area contributed by atoms with E-state index in [1.807, 2.05) is 6.92 Å². The number of pyridine rings is 1. The number of oxime groups is 1. The van der Waals surface area contributed by atoms with Gasteiger partial charge < -0.3 is 4.84 Å². The largest absolute Gasteiger partial charge is 0.396 e. The van der Waals surface area contributed by atoms with Crippen molar-refractivity contribution in [2.45, 2.75) is 25.7 Å². The van der Waals surface area contributed by atoms with Gasteiger partial charge in [0.25, 0.3) is 0 Å². The molecule has 0 atom stereocenters. The first-order valence-corrected chi connectivity index (χ1v) is 7.01. The van der Waals surface area contributed by atoms with Gasteiger partial charge in [-0.15, -0.1) is 0 Å². The standard InChI is InChI=1S/C11H16N2O3S/c1-4-16-13-8-10-6-11(9(3)12-7-10)17(14,15)5-2/h6-8H,4-5H2,1-3H3/b13-8+. The first-order valence-electron chi connectivity index (χ1n) is 5.36. The van der Waals surface area contributed by atoms with Crippen LogP contribution >= 0.6 is 0 Å². The number of rotatable bonds is 5. The Bertz CT molecular complexity index is 509. The van der Waals surface area contributed by atoms with Crippen LogP contribution in [0.15, 0.2) is 22.3 Å². The van der Waals surface area contributed by atoms with Gasteiger partial charge in [0.05, 0.1) is 22.6 Å². The predicted molar refractivity (Wildman–Crippen MR) is 65.9 cm³/mol. The smallest absolute Gasteiger partial charge is 0.179 e. The Hall–Kier alpha value is -1.43. The van der Waals surface area contributed by atoms with Crippen LogP contribution in [0.1, 0.15) is 25.1 Å². The van der Waals surface area contributed by atoms with Crippen molar-refractivity contribution in [3.8, 4) is 0 Å². The Kier molecular flexibility index (Phi) is 4.62. The van der Waals surface area contributed by atoms with E-state index in [2.05, 4.69) is 10.1 Å². The van der Waals surface area contributed by atoms with E-state index < -0.39 is 9.84 Å². The molecule has 0 saturated carbocycles. The SMILES string of the molecule is CCO/N=C/c1cnc(C)c(S(=O)(=O)CC)c1. The molecule has 0 spiro atoms. The van der Waals surface area contributed by atoms with Crippen LogP contribution in [0.3, 0.4) is 0 Å². The number of aromatic nitrogens is 1. The van der Waals surface area contributed by atoms with E-state index in [1.54, 1.807) is 26.1 Å². The predicted octanol–water partition coefficient (Wildman–Crippen LogP) is 1.55. The third-order valence-corrected chi connectivity index (χ3v) is 4.03. The second kappa shape index (κ2) is 5.77. The lowest BCUT2D eigenvalue weighted by atomic mass is 10.3. The summed E-state index contributed by atoms with van der Waals surface area (Å²) < 4.78 is 23.6. The highest BCUT2D eigenvalue weighted by Gasteiger charge is 2.15. The fourth-order valence-electron chi connectivity index (χ4n) is 1.24. The number of sulfone groups is 1. The second-order valence-corrected chi connectivity index (χ2v) is 5.65. The minimum absolute atomic E-state index is 0.0571. The van der Waals surface area contributed by atoms with Gasteiger partial charge in [-0.1, -0.05) is 12.1 Å². The van der Waals surface area contributed by atoms with Gasteiger partial charge >= 0.3 is 0 Å². The van der Waals surface area contributed by atoms with Crippen molar-refractivity contribution in [1.29, 1.82) is 0 Å². The normalized spacial score (nSPS) is 11.9. The first kappa shape index (κ1) is 13.6. The molecule has 0 aromatic carbocycles. The molecule has 1 aromatic rings. The molecule has 0 aliphatic carbocycles. The lowest BCUT2D eigenvalue weighted by molar-refractivity contribution is 0.160. The van der Waals surface area contributed by atoms with Crippen molar-refractivity contribution in [2.24, 2.45) is 5.16 Å². The summed E-state index contributed by atoms with van der Waals surface area (Å²) >= 11 is 0. The number of aryl methyl sites for hydroxylation is 1. The molecular weight excluding hydrogens is 240 g/mol. The molecule has 0 bridgehead atoms. The van der Waals surface area contributed by atoms with Crippen LogP contribution in [-0.2, 0) is 14.7 Å². The van der Waals surface area contributed by atoms with E-state index in [0.29, 0.717) is 17.9 Å². The number of hydrogen-bond acceptors (Lipinski definition) is 5. The molecule has 1 heterocycles. The zero-order valence-corrected chi connectivity index (χ0v) is 11.0. The van der Waals surface area contributed by atoms with Gasteiger partial charge in [0.1, 0.15) is 6.61 Å². The van der Waals surface area contributed by atoms with Crippen molar-refractivity contribution >= 4 is 16.1 Å². The highest BCUT2D eigenvalue weighted by atomic mass is 32.2. The van der Waals surface area contributed by atoms with Crippen molar-refractivity contribution in [3.05, 3.63) is 23.5 Å². The quantitative estimate of drug-likeness (QED) is 0.592. The lowest BCUT2D eigenvalue weighted by Crippen LogP contribution is -2.07. The van der Waals surface area contributed by atoms with E-state index >= 15 is 0 Å². The maximum absolute atomic E-state index is 11.8. The lowest BCUT2D eigenvalue weighted by Gasteiger charge is -2.05. The Balaban J connectivity index is 3.12. The second-order valence-electron chi connectivity index (χ2n) is 3.41. The maximum atomic E-state index is 11.8. The molecule has 1 aromatic heterocycles. The zero-order chi connectivity index (χ0) is 12.9. The molecule has 17 heavy (non-hydrogen) atoms. The number of nitrogens with zero attached hydrogens (tertiary/aromatic N) is 2. The minimum Gasteiger partial charge on any atom is -0.396 e. The molecule has 94 valence electrons. The van der Waals surface area contributed by atoms with E-state index in [-0.39, 0.29) is 10.6 Å². The van der Waals surface area contributed by atoms with E-state index in [9.17, 15) is 8.42 Å². The van der Waals surface area contributed by atoms with Crippen LogP contribution in [-0.4, -0.2) is 32.0 Å². The summed E-state index contributed by atoms with van der Waals surface area (Å²) in [6, 6.07) is 1.56. The van der Waals surface area contributed by atoms with Crippen molar-refractivity contribution in [1.82, 2.24) is 4.98 Å². The van der Waals surface area contributed by atoms with Crippen LogP contribution in [0.25, 0.3) is 0 Å². The van der Waals surface area contributed by atoms with Gasteiger partial charge in [-0.05, 0) is 19.9 Å². The topological polar surface area (TPSA) is 68.6 Å². The fourth-order valence-corrected chi connectivity index (χ4v) is 2.37. The summed E-state index contributed by atoms with van der Waals surface area (Å²) in [6.45, 7) is 5.56. The Morgan fingerprint density at radius 3 is 2.76 bits per heavy atom. The van der Waals surface area contributed by atoms with E-state index in [0.717, 1.165) is 0 Å². The third kappa shape index (κ3) is 3.52. The zero-order valence-electron chi connectivity index (χ0n) is 10.2. The summed E-state index contributed by atoms with van der Waals surface area (Å²) in [5, 5.41) is 3.68. The average Bonchev–Trinajstić information content (AvgIpc) is 2.31. The molecular formula is C11H16N2O3S. The molecule has 6 heteroatoms. The molecule has 5 nitrogen and oxygen atoms in total. The van der Waals surface area contributed by atoms with Crippen molar-refractivity contribution in [2.75, 3.05) is 12.4 Å². The van der Waals surface area contributed by atoms with Crippen molar-refractivity contribution < 1.29 is 13.3 Å². The average molecular weight is 256 g/mol. The van der Waals surface area contributed by atoms with Gasteiger partial charge in [-0.2, -0.15) is 0 Å². The Morgan fingerprint density at radius 2 is 2.18 bits per heavy atom. The van der Waals surface area contributed by atoms with Crippen LogP contribution in [0.2, 0.25) is 0 Å². The molecule has 0 aliphatic rings. The molecule has 0 fully saturated rings. The van der Waals surface area contributed by atoms with Gasteiger partial charge in [-0.25, -0.2) is 8.42 Å². The molecule has 1 rings (SSSR count). The molecule has 0 aliphatic heterocycles. The van der Waals surface area contributed by atoms with Crippen LogP contribution in [0.5, 0.6) is 0 Å². The molecule has 0 unspecified atom stereocenters. The summed E-state index contributed by atoms with van der Waals surface area (Å²) in [5.41, 5.74) is 1.11. The summed E-state index contributed by atoms with van der Waals surface area (Å²) in [4.78, 5) is 9.11. The third-order valence-electron chi connectivity index (χ3n) is 2.18. The van der Waals surface area contributed by atoms with Crippen LogP contribution in [0.4, 0.5) is 0 Å².